The lowest BCUT2D eigenvalue weighted by molar-refractivity contribution is -0.314. The Hall–Kier alpha value is -0.170. The van der Waals surface area contributed by atoms with E-state index in [1.807, 2.05) is 0 Å². The first kappa shape index (κ1) is 18.9. The van der Waals surface area contributed by atoms with E-state index < -0.39 is 64.5 Å². The Balaban J connectivity index is 2.63. The molecule has 0 amide bonds. The molecule has 1 aliphatic rings. The maximum atomic E-state index is 10.5. The van der Waals surface area contributed by atoms with Crippen LogP contribution in [-0.2, 0) is 18.6 Å². The van der Waals surface area contributed by atoms with E-state index in [-0.39, 0.29) is 0 Å². The van der Waals surface area contributed by atoms with Crippen molar-refractivity contribution in [2.24, 2.45) is 0 Å². The zero-order chi connectivity index (χ0) is 16.2. The lowest BCUT2D eigenvalue weighted by Crippen LogP contribution is -2.60. The van der Waals surface area contributed by atoms with Gasteiger partial charge in [-0.1, -0.05) is 0 Å². The van der Waals surface area contributed by atoms with E-state index >= 15 is 0 Å². The van der Waals surface area contributed by atoms with Crippen LogP contribution in [0.25, 0.3) is 0 Å². The van der Waals surface area contributed by atoms with E-state index in [0.717, 1.165) is 0 Å². The monoisotopic (exact) mass is 334 g/mol. The second kappa shape index (κ2) is 7.90. The van der Waals surface area contributed by atoms with Gasteiger partial charge in [0.1, 0.15) is 30.5 Å². The van der Waals surface area contributed by atoms with Gasteiger partial charge in [-0.3, -0.25) is 4.52 Å². The van der Waals surface area contributed by atoms with Crippen molar-refractivity contribution in [3.05, 3.63) is 0 Å². The first-order valence-corrected chi connectivity index (χ1v) is 7.49. The molecule has 0 aromatic carbocycles. The number of hydrogen-bond acceptors (Lipinski definition) is 9. The second-order valence-electron chi connectivity index (χ2n) is 4.42. The number of aliphatic hydroxyl groups excluding tert-OH is 5. The summed E-state index contributed by atoms with van der Waals surface area (Å²) < 4.78 is 24.7. The molecule has 1 fully saturated rings. The lowest BCUT2D eigenvalue weighted by atomic mass is 9.99. The molecular formula is C9H19O11P. The van der Waals surface area contributed by atoms with Gasteiger partial charge in [0.15, 0.2) is 6.29 Å². The Morgan fingerprint density at radius 3 is 2.19 bits per heavy atom. The van der Waals surface area contributed by atoms with Crippen LogP contribution < -0.4 is 0 Å². The summed E-state index contributed by atoms with van der Waals surface area (Å²) >= 11 is 0. The minimum atomic E-state index is -4.77. The third-order valence-corrected chi connectivity index (χ3v) is 3.29. The molecule has 0 saturated carbocycles. The molecule has 21 heavy (non-hydrogen) atoms. The molecule has 126 valence electrons. The Kier molecular flexibility index (Phi) is 7.10. The smallest absolute Gasteiger partial charge is 0.394 e. The average Bonchev–Trinajstić information content (AvgIpc) is 2.42. The Morgan fingerprint density at radius 1 is 1.10 bits per heavy atom. The van der Waals surface area contributed by atoms with Crippen molar-refractivity contribution >= 4 is 7.82 Å². The summed E-state index contributed by atoms with van der Waals surface area (Å²) in [6.45, 7) is -2.07. The van der Waals surface area contributed by atoms with Crippen LogP contribution in [0.4, 0.5) is 0 Å². The molecular weight excluding hydrogens is 315 g/mol. The molecule has 0 unspecified atom stereocenters. The molecule has 0 aliphatic carbocycles. The van der Waals surface area contributed by atoms with E-state index in [1.165, 1.54) is 0 Å². The van der Waals surface area contributed by atoms with Gasteiger partial charge < -0.3 is 44.8 Å². The molecule has 0 bridgehead atoms. The molecule has 1 aliphatic heterocycles. The molecule has 7 N–H and O–H groups in total. The summed E-state index contributed by atoms with van der Waals surface area (Å²) in [6, 6.07) is 0. The Morgan fingerprint density at radius 2 is 1.71 bits per heavy atom. The van der Waals surface area contributed by atoms with Gasteiger partial charge in [-0.15, -0.1) is 0 Å². The summed E-state index contributed by atoms with van der Waals surface area (Å²) in [5.74, 6) is 0. The molecule has 1 rings (SSSR count). The quantitative estimate of drug-likeness (QED) is 0.227. The average molecular weight is 334 g/mol. The molecule has 0 radical (unpaired) electrons. The summed E-state index contributed by atoms with van der Waals surface area (Å²) in [6.07, 6.45) is -8.91. The predicted octanol–water partition coefficient (Wildman–Crippen LogP) is -3.73. The largest absolute Gasteiger partial charge is 0.469 e. The molecule has 12 heteroatoms. The van der Waals surface area contributed by atoms with Gasteiger partial charge >= 0.3 is 7.82 Å². The maximum Gasteiger partial charge on any atom is 0.469 e. The summed E-state index contributed by atoms with van der Waals surface area (Å²) in [7, 11) is -4.77. The predicted molar refractivity (Wildman–Crippen MR) is 63.7 cm³/mol. The summed E-state index contributed by atoms with van der Waals surface area (Å²) in [5.41, 5.74) is 0. The Labute approximate surface area is 119 Å². The summed E-state index contributed by atoms with van der Waals surface area (Å²) in [5, 5.41) is 46.7. The van der Waals surface area contributed by atoms with Crippen LogP contribution in [0.3, 0.4) is 0 Å². The molecule has 1 saturated heterocycles. The fourth-order valence-corrected chi connectivity index (χ4v) is 2.05. The van der Waals surface area contributed by atoms with Crippen molar-refractivity contribution in [1.82, 2.24) is 0 Å². The van der Waals surface area contributed by atoms with Crippen molar-refractivity contribution in [1.29, 1.82) is 0 Å². The third-order valence-electron chi connectivity index (χ3n) is 2.81. The van der Waals surface area contributed by atoms with E-state index in [1.54, 1.807) is 0 Å². The van der Waals surface area contributed by atoms with Gasteiger partial charge in [0, 0.05) is 0 Å². The topological polar surface area (TPSA) is 186 Å². The van der Waals surface area contributed by atoms with Crippen LogP contribution >= 0.6 is 7.82 Å². The maximum absolute atomic E-state index is 10.5. The van der Waals surface area contributed by atoms with Crippen molar-refractivity contribution in [3.8, 4) is 0 Å². The van der Waals surface area contributed by atoms with Crippen molar-refractivity contribution in [2.75, 3.05) is 19.8 Å². The fraction of sp³-hybridized carbons (Fsp3) is 1.00. The van der Waals surface area contributed by atoms with Gasteiger partial charge in [-0.2, -0.15) is 0 Å². The van der Waals surface area contributed by atoms with E-state index in [2.05, 4.69) is 4.52 Å². The summed E-state index contributed by atoms with van der Waals surface area (Å²) in [4.78, 5) is 17.1. The zero-order valence-electron chi connectivity index (χ0n) is 10.8. The molecule has 1 heterocycles. The highest BCUT2D eigenvalue weighted by molar-refractivity contribution is 7.46. The van der Waals surface area contributed by atoms with Gasteiger partial charge in [-0.05, 0) is 0 Å². The normalized spacial score (nSPS) is 35.7. The van der Waals surface area contributed by atoms with Crippen LogP contribution in [0, 0.1) is 0 Å². The molecule has 0 aromatic rings. The fourth-order valence-electron chi connectivity index (χ4n) is 1.68. The van der Waals surface area contributed by atoms with Crippen LogP contribution in [-0.4, -0.2) is 91.9 Å². The second-order valence-corrected chi connectivity index (χ2v) is 5.66. The van der Waals surface area contributed by atoms with Crippen LogP contribution in [0.1, 0.15) is 0 Å². The standard InChI is InChI=1S/C9H19O11P/c10-1-4(3-18-21(15,16)17)19-9-8(14)7(13)6(12)5(2-11)20-9/h4-14H,1-3H2,(H2,15,16,17)/t4-,5-,6-,7+,8-,9-/m1/s1. The van der Waals surface area contributed by atoms with Crippen LogP contribution in [0.15, 0.2) is 0 Å². The Bertz CT molecular complexity index is 358. The first-order valence-electron chi connectivity index (χ1n) is 5.96. The van der Waals surface area contributed by atoms with E-state index in [9.17, 15) is 19.9 Å². The number of phosphoric ester groups is 1. The van der Waals surface area contributed by atoms with Gasteiger partial charge in [-0.25, -0.2) is 4.57 Å². The van der Waals surface area contributed by atoms with E-state index in [4.69, 9.17) is 29.5 Å². The highest BCUT2D eigenvalue weighted by Crippen LogP contribution is 2.36. The number of phosphoric acid groups is 1. The first-order chi connectivity index (χ1) is 9.69. The number of rotatable bonds is 7. The van der Waals surface area contributed by atoms with Gasteiger partial charge in [0.25, 0.3) is 0 Å². The van der Waals surface area contributed by atoms with Crippen LogP contribution in [0.2, 0.25) is 0 Å². The number of aliphatic hydroxyl groups is 5. The van der Waals surface area contributed by atoms with Gasteiger partial charge in [0.05, 0.1) is 19.8 Å². The van der Waals surface area contributed by atoms with E-state index in [0.29, 0.717) is 0 Å². The minimum Gasteiger partial charge on any atom is -0.394 e. The molecule has 6 atom stereocenters. The molecule has 0 aromatic heterocycles. The molecule has 11 nitrogen and oxygen atoms in total. The highest BCUT2D eigenvalue weighted by Gasteiger charge is 2.44. The number of hydrogen-bond donors (Lipinski definition) is 7. The molecule has 0 spiro atoms. The number of ether oxygens (including phenoxy) is 2. The SMILES string of the molecule is O=P(O)(O)OC[C@@H](CO)O[C@@H]1O[C@H](CO)[C@@H](O)[C@H](O)[C@H]1O. The van der Waals surface area contributed by atoms with Crippen molar-refractivity contribution in [3.63, 3.8) is 0 Å². The third kappa shape index (κ3) is 5.51. The van der Waals surface area contributed by atoms with Crippen molar-refractivity contribution in [2.45, 2.75) is 36.8 Å². The van der Waals surface area contributed by atoms with Crippen LogP contribution in [0.5, 0.6) is 0 Å². The van der Waals surface area contributed by atoms with Crippen molar-refractivity contribution < 1.29 is 53.9 Å². The zero-order valence-corrected chi connectivity index (χ0v) is 11.7. The minimum absolute atomic E-state index is 0.659. The highest BCUT2D eigenvalue weighted by atomic mass is 31.2. The lowest BCUT2D eigenvalue weighted by Gasteiger charge is -2.40. The van der Waals surface area contributed by atoms with Gasteiger partial charge in [0.2, 0.25) is 0 Å².